The van der Waals surface area contributed by atoms with Crippen LogP contribution >= 0.6 is 12.2 Å². The maximum absolute atomic E-state index is 5.34. The molecule has 1 aromatic heterocycles. The van der Waals surface area contributed by atoms with Crippen molar-refractivity contribution in [2.24, 2.45) is 5.92 Å². The van der Waals surface area contributed by atoms with Crippen LogP contribution in [0.4, 0.5) is 17.6 Å². The van der Waals surface area contributed by atoms with Crippen LogP contribution in [-0.4, -0.2) is 47.3 Å². The van der Waals surface area contributed by atoms with Crippen molar-refractivity contribution in [1.82, 2.24) is 15.3 Å². The third-order valence-electron chi connectivity index (χ3n) is 5.47. The Bertz CT molecular complexity index is 614. The van der Waals surface area contributed by atoms with E-state index in [-0.39, 0.29) is 0 Å². The Kier molecular flexibility index (Phi) is 6.51. The van der Waals surface area contributed by atoms with Gasteiger partial charge in [0.1, 0.15) is 11.6 Å². The average Bonchev–Trinajstić information content (AvgIpc) is 2.62. The highest BCUT2D eigenvalue weighted by atomic mass is 32.1. The molecule has 1 atom stereocenters. The van der Waals surface area contributed by atoms with Gasteiger partial charge in [0.15, 0.2) is 5.11 Å². The second-order valence-corrected chi connectivity index (χ2v) is 8.01. The van der Waals surface area contributed by atoms with Crippen molar-refractivity contribution in [1.29, 1.82) is 0 Å². The van der Waals surface area contributed by atoms with E-state index in [9.17, 15) is 0 Å². The summed E-state index contributed by atoms with van der Waals surface area (Å²) in [6.07, 6.45) is 6.19. The number of rotatable bonds is 4. The van der Waals surface area contributed by atoms with Crippen LogP contribution in [0.2, 0.25) is 0 Å². The van der Waals surface area contributed by atoms with E-state index in [1.165, 1.54) is 32.1 Å². The molecule has 0 spiro atoms. The number of anilines is 3. The summed E-state index contributed by atoms with van der Waals surface area (Å²) in [4.78, 5) is 14.4. The summed E-state index contributed by atoms with van der Waals surface area (Å²) >= 11 is 5.34. The highest BCUT2D eigenvalue weighted by Crippen LogP contribution is 2.29. The topological polar surface area (TPSA) is 56.3 Å². The summed E-state index contributed by atoms with van der Waals surface area (Å²) in [6.45, 7) is 10.6. The van der Waals surface area contributed by atoms with Gasteiger partial charge in [-0.2, -0.15) is 9.97 Å². The van der Waals surface area contributed by atoms with E-state index in [0.717, 1.165) is 43.7 Å². The molecule has 144 valence electrons. The molecule has 6 nitrogen and oxygen atoms in total. The SMILES string of the molecule is CCNC(=S)Nc1nc(N2CCC(C)CC2)cc(N2CCCC[C@@H]2C)n1. The minimum absolute atomic E-state index is 0.515. The van der Waals surface area contributed by atoms with Gasteiger partial charge < -0.3 is 20.4 Å². The van der Waals surface area contributed by atoms with E-state index in [1.807, 2.05) is 6.92 Å². The Morgan fingerprint density at radius 1 is 1.12 bits per heavy atom. The molecule has 26 heavy (non-hydrogen) atoms. The molecule has 1 aromatic rings. The summed E-state index contributed by atoms with van der Waals surface area (Å²) < 4.78 is 0. The maximum Gasteiger partial charge on any atom is 0.232 e. The number of hydrogen-bond donors (Lipinski definition) is 2. The first-order valence-corrected chi connectivity index (χ1v) is 10.4. The van der Waals surface area contributed by atoms with Gasteiger partial charge in [-0.05, 0) is 64.1 Å². The summed E-state index contributed by atoms with van der Waals surface area (Å²) in [5.41, 5.74) is 0. The highest BCUT2D eigenvalue weighted by molar-refractivity contribution is 7.80. The van der Waals surface area contributed by atoms with Crippen LogP contribution < -0.4 is 20.4 Å². The molecule has 3 heterocycles. The predicted molar refractivity (Wildman–Crippen MR) is 113 cm³/mol. The van der Waals surface area contributed by atoms with Crippen molar-refractivity contribution in [2.75, 3.05) is 41.3 Å². The largest absolute Gasteiger partial charge is 0.363 e. The van der Waals surface area contributed by atoms with Gasteiger partial charge in [0.05, 0.1) is 0 Å². The van der Waals surface area contributed by atoms with Crippen LogP contribution in [0.5, 0.6) is 0 Å². The lowest BCUT2D eigenvalue weighted by molar-refractivity contribution is 0.436. The van der Waals surface area contributed by atoms with E-state index in [1.54, 1.807) is 0 Å². The lowest BCUT2D eigenvalue weighted by atomic mass is 9.99. The molecule has 0 aliphatic carbocycles. The van der Waals surface area contributed by atoms with E-state index in [4.69, 9.17) is 22.2 Å². The minimum atomic E-state index is 0.515. The third-order valence-corrected chi connectivity index (χ3v) is 5.71. The Labute approximate surface area is 162 Å². The second-order valence-electron chi connectivity index (χ2n) is 7.60. The number of piperidine rings is 2. The van der Waals surface area contributed by atoms with Crippen LogP contribution in [0, 0.1) is 5.92 Å². The molecule has 0 radical (unpaired) electrons. The summed E-state index contributed by atoms with van der Waals surface area (Å²) in [6, 6.07) is 2.68. The molecular formula is C19H32N6S. The first-order valence-electron chi connectivity index (χ1n) is 10.0. The highest BCUT2D eigenvalue weighted by Gasteiger charge is 2.23. The van der Waals surface area contributed by atoms with E-state index in [0.29, 0.717) is 17.1 Å². The molecule has 7 heteroatoms. The van der Waals surface area contributed by atoms with Crippen LogP contribution in [0.15, 0.2) is 6.07 Å². The van der Waals surface area contributed by atoms with Crippen LogP contribution in [-0.2, 0) is 0 Å². The van der Waals surface area contributed by atoms with Crippen LogP contribution in [0.3, 0.4) is 0 Å². The summed E-state index contributed by atoms with van der Waals surface area (Å²) in [5, 5.41) is 6.87. The molecule has 0 aromatic carbocycles. The molecule has 2 fully saturated rings. The zero-order valence-corrected chi connectivity index (χ0v) is 17.1. The van der Waals surface area contributed by atoms with Gasteiger partial charge in [0.2, 0.25) is 5.95 Å². The predicted octanol–water partition coefficient (Wildman–Crippen LogP) is 3.40. The number of hydrogen-bond acceptors (Lipinski definition) is 5. The van der Waals surface area contributed by atoms with Gasteiger partial charge >= 0.3 is 0 Å². The Morgan fingerprint density at radius 3 is 2.54 bits per heavy atom. The monoisotopic (exact) mass is 376 g/mol. The molecule has 0 amide bonds. The van der Waals surface area contributed by atoms with Crippen molar-refractivity contribution < 1.29 is 0 Å². The van der Waals surface area contributed by atoms with E-state index >= 15 is 0 Å². The molecule has 2 saturated heterocycles. The fraction of sp³-hybridized carbons (Fsp3) is 0.737. The van der Waals surface area contributed by atoms with Crippen molar-refractivity contribution in [3.63, 3.8) is 0 Å². The average molecular weight is 377 g/mol. The standard InChI is InChI=1S/C19H32N6S/c1-4-20-19(26)23-18-21-16(24-11-8-14(2)9-12-24)13-17(22-18)25-10-6-5-7-15(25)3/h13-15H,4-12H2,1-3H3,(H2,20,21,22,23,26)/t15-/m0/s1. The Balaban J connectivity index is 1.87. The van der Waals surface area contributed by atoms with Gasteiger partial charge in [-0.25, -0.2) is 0 Å². The van der Waals surface area contributed by atoms with Crippen molar-refractivity contribution in [3.8, 4) is 0 Å². The minimum Gasteiger partial charge on any atom is -0.363 e. The van der Waals surface area contributed by atoms with E-state index < -0.39 is 0 Å². The molecule has 2 N–H and O–H groups in total. The second kappa shape index (κ2) is 8.84. The molecule has 3 rings (SSSR count). The fourth-order valence-electron chi connectivity index (χ4n) is 3.77. The molecule has 2 aliphatic heterocycles. The number of nitrogens with one attached hydrogen (secondary N) is 2. The number of nitrogens with zero attached hydrogens (tertiary/aromatic N) is 4. The molecule has 0 saturated carbocycles. The molecular weight excluding hydrogens is 344 g/mol. The number of thiocarbonyl (C=S) groups is 1. The molecule has 2 aliphatic rings. The van der Waals surface area contributed by atoms with Crippen LogP contribution in [0.1, 0.15) is 52.9 Å². The van der Waals surface area contributed by atoms with Gasteiger partial charge in [-0.3, -0.25) is 0 Å². The molecule has 0 unspecified atom stereocenters. The zero-order valence-electron chi connectivity index (χ0n) is 16.3. The van der Waals surface area contributed by atoms with Gasteiger partial charge in [0, 0.05) is 38.3 Å². The van der Waals surface area contributed by atoms with Crippen molar-refractivity contribution >= 4 is 34.9 Å². The van der Waals surface area contributed by atoms with Crippen LogP contribution in [0.25, 0.3) is 0 Å². The van der Waals surface area contributed by atoms with Crippen molar-refractivity contribution in [2.45, 2.75) is 58.9 Å². The van der Waals surface area contributed by atoms with Gasteiger partial charge in [-0.1, -0.05) is 6.92 Å². The van der Waals surface area contributed by atoms with E-state index in [2.05, 4.69) is 40.3 Å². The fourth-order valence-corrected chi connectivity index (χ4v) is 4.01. The quantitative estimate of drug-likeness (QED) is 0.781. The lowest BCUT2D eigenvalue weighted by Gasteiger charge is -2.36. The normalized spacial score (nSPS) is 21.6. The Morgan fingerprint density at radius 2 is 1.85 bits per heavy atom. The zero-order chi connectivity index (χ0) is 18.5. The first kappa shape index (κ1) is 19.1. The third kappa shape index (κ3) is 4.75. The number of aromatic nitrogens is 2. The van der Waals surface area contributed by atoms with Gasteiger partial charge in [0.25, 0.3) is 0 Å². The molecule has 0 bridgehead atoms. The summed E-state index contributed by atoms with van der Waals surface area (Å²) in [7, 11) is 0. The maximum atomic E-state index is 5.34. The lowest BCUT2D eigenvalue weighted by Crippen LogP contribution is -2.39. The van der Waals surface area contributed by atoms with Gasteiger partial charge in [-0.15, -0.1) is 0 Å². The summed E-state index contributed by atoms with van der Waals surface area (Å²) in [5.74, 6) is 3.43. The smallest absolute Gasteiger partial charge is 0.232 e. The van der Waals surface area contributed by atoms with Crippen molar-refractivity contribution in [3.05, 3.63) is 6.07 Å². The Hall–Kier alpha value is -1.63. The first-order chi connectivity index (χ1) is 12.6.